The second-order valence-electron chi connectivity index (χ2n) is 5.33. The summed E-state index contributed by atoms with van der Waals surface area (Å²) in [4.78, 5) is 11.9. The van der Waals surface area contributed by atoms with E-state index < -0.39 is 0 Å². The van der Waals surface area contributed by atoms with Crippen LogP contribution in [0.5, 0.6) is 0 Å². The van der Waals surface area contributed by atoms with Crippen molar-refractivity contribution in [3.05, 3.63) is 29.8 Å². The molecule has 5 nitrogen and oxygen atoms in total. The van der Waals surface area contributed by atoms with Crippen LogP contribution in [0.2, 0.25) is 0 Å². The van der Waals surface area contributed by atoms with E-state index >= 15 is 0 Å². The van der Waals surface area contributed by atoms with Crippen molar-refractivity contribution in [3.63, 3.8) is 0 Å². The molecule has 0 aromatic heterocycles. The van der Waals surface area contributed by atoms with Crippen molar-refractivity contribution in [2.45, 2.75) is 44.6 Å². The van der Waals surface area contributed by atoms with E-state index in [0.29, 0.717) is 12.5 Å². The number of benzene rings is 1. The van der Waals surface area contributed by atoms with Gasteiger partial charge in [-0.2, -0.15) is 0 Å². The van der Waals surface area contributed by atoms with Gasteiger partial charge in [0, 0.05) is 18.2 Å². The summed E-state index contributed by atoms with van der Waals surface area (Å²) in [6.45, 7) is 0. The van der Waals surface area contributed by atoms with Gasteiger partial charge in [-0.05, 0) is 30.5 Å². The highest BCUT2D eigenvalue weighted by molar-refractivity contribution is 5.89. The minimum atomic E-state index is -0.142. The smallest absolute Gasteiger partial charge is 0.319 e. The summed E-state index contributed by atoms with van der Waals surface area (Å²) in [6.07, 6.45) is 6.26. The quantitative estimate of drug-likeness (QED) is 0.502. The van der Waals surface area contributed by atoms with E-state index in [9.17, 15) is 4.79 Å². The van der Waals surface area contributed by atoms with E-state index in [0.717, 1.165) is 24.1 Å². The molecule has 1 aromatic rings. The number of nitrogens with one attached hydrogen (secondary N) is 3. The maximum atomic E-state index is 11.9. The molecule has 1 aliphatic rings. The van der Waals surface area contributed by atoms with E-state index in [-0.39, 0.29) is 11.9 Å². The molecule has 0 saturated heterocycles. The fourth-order valence-corrected chi connectivity index (χ4v) is 2.53. The number of amidine groups is 1. The van der Waals surface area contributed by atoms with Crippen molar-refractivity contribution in [3.8, 4) is 0 Å². The van der Waals surface area contributed by atoms with Gasteiger partial charge in [-0.1, -0.05) is 31.4 Å². The van der Waals surface area contributed by atoms with Gasteiger partial charge in [-0.25, -0.2) is 4.79 Å². The normalized spacial score (nSPS) is 15.6. The van der Waals surface area contributed by atoms with Crippen LogP contribution in [0.3, 0.4) is 0 Å². The highest BCUT2D eigenvalue weighted by Gasteiger charge is 2.15. The Kier molecular flexibility index (Phi) is 4.98. The lowest BCUT2D eigenvalue weighted by Gasteiger charge is -2.22. The number of carbonyl (C=O) groups is 1. The molecule has 0 unspecified atom stereocenters. The molecule has 5 N–H and O–H groups in total. The van der Waals surface area contributed by atoms with Crippen LogP contribution in [0.15, 0.2) is 24.3 Å². The average Bonchev–Trinajstić information content (AvgIpc) is 2.41. The van der Waals surface area contributed by atoms with Gasteiger partial charge >= 0.3 is 6.03 Å². The third-order valence-corrected chi connectivity index (χ3v) is 3.55. The number of anilines is 1. The molecular formula is C15H22N4O. The van der Waals surface area contributed by atoms with Crippen LogP contribution in [0.25, 0.3) is 0 Å². The van der Waals surface area contributed by atoms with Crippen LogP contribution in [-0.4, -0.2) is 17.9 Å². The molecule has 0 aliphatic heterocycles. The molecule has 0 heterocycles. The Bertz CT molecular complexity index is 463. The van der Waals surface area contributed by atoms with Crippen molar-refractivity contribution in [2.75, 3.05) is 5.32 Å². The Morgan fingerprint density at radius 2 is 1.85 bits per heavy atom. The highest BCUT2D eigenvalue weighted by atomic mass is 16.2. The summed E-state index contributed by atoms with van der Waals surface area (Å²) in [5.41, 5.74) is 7.07. The minimum absolute atomic E-state index is 0.140. The van der Waals surface area contributed by atoms with Crippen LogP contribution in [0, 0.1) is 5.41 Å². The SMILES string of the molecule is N=C(N)Cc1ccc(NC(=O)NC2CCCCC2)cc1. The van der Waals surface area contributed by atoms with E-state index in [2.05, 4.69) is 10.6 Å². The standard InChI is InChI=1S/C15H22N4O/c16-14(17)10-11-6-8-13(9-7-11)19-15(20)18-12-4-2-1-3-5-12/h6-9,12H,1-5,10H2,(H3,16,17)(H2,18,19,20). The maximum Gasteiger partial charge on any atom is 0.319 e. The lowest BCUT2D eigenvalue weighted by atomic mass is 9.96. The van der Waals surface area contributed by atoms with Crippen molar-refractivity contribution < 1.29 is 4.79 Å². The molecule has 0 spiro atoms. The number of urea groups is 1. The predicted octanol–water partition coefficient (Wildman–Crippen LogP) is 2.62. The van der Waals surface area contributed by atoms with E-state index in [4.69, 9.17) is 11.1 Å². The highest BCUT2D eigenvalue weighted by Crippen LogP contribution is 2.17. The van der Waals surface area contributed by atoms with Gasteiger partial charge < -0.3 is 16.4 Å². The maximum absolute atomic E-state index is 11.9. The lowest BCUT2D eigenvalue weighted by molar-refractivity contribution is 0.244. The van der Waals surface area contributed by atoms with Crippen LogP contribution in [-0.2, 0) is 6.42 Å². The summed E-state index contributed by atoms with van der Waals surface area (Å²) in [7, 11) is 0. The predicted molar refractivity (Wildman–Crippen MR) is 81.1 cm³/mol. The van der Waals surface area contributed by atoms with E-state index in [1.807, 2.05) is 24.3 Å². The van der Waals surface area contributed by atoms with Gasteiger partial charge in [0.25, 0.3) is 0 Å². The number of hydrogen-bond acceptors (Lipinski definition) is 2. The van der Waals surface area contributed by atoms with Gasteiger partial charge in [0.2, 0.25) is 0 Å². The lowest BCUT2D eigenvalue weighted by Crippen LogP contribution is -2.39. The number of hydrogen-bond donors (Lipinski definition) is 4. The Hall–Kier alpha value is -2.04. The zero-order chi connectivity index (χ0) is 14.4. The molecule has 2 amide bonds. The fourth-order valence-electron chi connectivity index (χ4n) is 2.53. The first-order valence-electron chi connectivity index (χ1n) is 7.13. The van der Waals surface area contributed by atoms with Crippen LogP contribution in [0.1, 0.15) is 37.7 Å². The molecule has 1 saturated carbocycles. The first-order valence-corrected chi connectivity index (χ1v) is 7.13. The van der Waals surface area contributed by atoms with E-state index in [1.165, 1.54) is 19.3 Å². The Morgan fingerprint density at radius 1 is 1.20 bits per heavy atom. The van der Waals surface area contributed by atoms with Gasteiger partial charge in [0.1, 0.15) is 0 Å². The Balaban J connectivity index is 1.82. The molecule has 20 heavy (non-hydrogen) atoms. The molecule has 0 bridgehead atoms. The van der Waals surface area contributed by atoms with Crippen LogP contribution >= 0.6 is 0 Å². The van der Waals surface area contributed by atoms with Crippen LogP contribution in [0.4, 0.5) is 10.5 Å². The third-order valence-electron chi connectivity index (χ3n) is 3.55. The first-order chi connectivity index (χ1) is 9.63. The zero-order valence-corrected chi connectivity index (χ0v) is 11.6. The summed E-state index contributed by atoms with van der Waals surface area (Å²) < 4.78 is 0. The molecule has 0 radical (unpaired) electrons. The van der Waals surface area contributed by atoms with Crippen molar-refractivity contribution in [1.82, 2.24) is 5.32 Å². The molecule has 1 aromatic carbocycles. The zero-order valence-electron chi connectivity index (χ0n) is 11.6. The van der Waals surface area contributed by atoms with E-state index in [1.54, 1.807) is 0 Å². The summed E-state index contributed by atoms with van der Waals surface area (Å²) in [5.74, 6) is 0.140. The van der Waals surface area contributed by atoms with Gasteiger partial charge in [-0.15, -0.1) is 0 Å². The van der Waals surface area contributed by atoms with Gasteiger partial charge in [0.05, 0.1) is 5.84 Å². The molecule has 1 fully saturated rings. The Morgan fingerprint density at radius 3 is 2.45 bits per heavy atom. The largest absolute Gasteiger partial charge is 0.387 e. The van der Waals surface area contributed by atoms with Gasteiger partial charge in [-0.3, -0.25) is 5.41 Å². The second kappa shape index (κ2) is 6.93. The molecule has 2 rings (SSSR count). The number of amides is 2. The molecule has 1 aliphatic carbocycles. The molecular weight excluding hydrogens is 252 g/mol. The summed E-state index contributed by atoms with van der Waals surface area (Å²) in [5, 5.41) is 13.1. The first kappa shape index (κ1) is 14.4. The summed E-state index contributed by atoms with van der Waals surface area (Å²) >= 11 is 0. The van der Waals surface area contributed by atoms with Crippen molar-refractivity contribution in [2.24, 2.45) is 5.73 Å². The molecule has 0 atom stereocenters. The summed E-state index contributed by atoms with van der Waals surface area (Å²) in [6, 6.07) is 7.57. The number of rotatable bonds is 4. The second-order valence-corrected chi connectivity index (χ2v) is 5.33. The average molecular weight is 274 g/mol. The topological polar surface area (TPSA) is 91.0 Å². The van der Waals surface area contributed by atoms with Crippen molar-refractivity contribution >= 4 is 17.6 Å². The third kappa shape index (κ3) is 4.57. The van der Waals surface area contributed by atoms with Crippen molar-refractivity contribution in [1.29, 1.82) is 5.41 Å². The molecule has 108 valence electrons. The van der Waals surface area contributed by atoms with Crippen LogP contribution < -0.4 is 16.4 Å². The number of carbonyl (C=O) groups excluding carboxylic acids is 1. The fraction of sp³-hybridized carbons (Fsp3) is 0.467. The number of nitrogens with two attached hydrogens (primary N) is 1. The minimum Gasteiger partial charge on any atom is -0.387 e. The Labute approximate surface area is 119 Å². The monoisotopic (exact) mass is 274 g/mol. The van der Waals surface area contributed by atoms with Gasteiger partial charge in [0.15, 0.2) is 0 Å². The molecule has 5 heteroatoms.